The molecule has 2 N–H and O–H groups in total. The standard InChI is InChI=1S/C17H25N3O/c21-17(14-7-6-10-18-13-14)19-15-8-2-3-9-16(15)20-11-4-1-5-12-20/h2-3,8-9,14,18H,1,4-7,10-13H2,(H,19,21)/t14-/m0/s1. The summed E-state index contributed by atoms with van der Waals surface area (Å²) in [4.78, 5) is 14.8. The first-order valence-corrected chi connectivity index (χ1v) is 8.20. The molecule has 2 heterocycles. The van der Waals surface area contributed by atoms with Gasteiger partial charge in [-0.15, -0.1) is 0 Å². The molecule has 1 amide bonds. The van der Waals surface area contributed by atoms with Crippen LogP contribution in [-0.2, 0) is 4.79 Å². The van der Waals surface area contributed by atoms with Crippen molar-refractivity contribution in [3.63, 3.8) is 0 Å². The van der Waals surface area contributed by atoms with Gasteiger partial charge >= 0.3 is 0 Å². The van der Waals surface area contributed by atoms with Crippen LogP contribution in [0, 0.1) is 5.92 Å². The van der Waals surface area contributed by atoms with Crippen LogP contribution in [0.2, 0.25) is 0 Å². The summed E-state index contributed by atoms with van der Waals surface area (Å²) in [6.07, 6.45) is 5.89. The first-order chi connectivity index (χ1) is 10.3. The first-order valence-electron chi connectivity index (χ1n) is 8.20. The van der Waals surface area contributed by atoms with E-state index in [4.69, 9.17) is 0 Å². The number of piperidine rings is 2. The van der Waals surface area contributed by atoms with E-state index in [2.05, 4.69) is 27.7 Å². The van der Waals surface area contributed by atoms with E-state index in [1.54, 1.807) is 0 Å². The molecule has 1 aromatic rings. The predicted octanol–water partition coefficient (Wildman–Crippen LogP) is 2.62. The van der Waals surface area contributed by atoms with Gasteiger partial charge < -0.3 is 15.5 Å². The van der Waals surface area contributed by atoms with Crippen molar-refractivity contribution in [2.75, 3.05) is 36.4 Å². The molecule has 4 nitrogen and oxygen atoms in total. The minimum atomic E-state index is 0.105. The number of hydrogen-bond donors (Lipinski definition) is 2. The number of nitrogens with zero attached hydrogens (tertiary/aromatic N) is 1. The number of benzene rings is 1. The highest BCUT2D eigenvalue weighted by Gasteiger charge is 2.22. The van der Waals surface area contributed by atoms with Gasteiger partial charge in [-0.2, -0.15) is 0 Å². The Balaban J connectivity index is 1.70. The molecule has 1 atom stereocenters. The Morgan fingerprint density at radius 2 is 1.95 bits per heavy atom. The molecule has 4 heteroatoms. The predicted molar refractivity (Wildman–Crippen MR) is 86.7 cm³/mol. The van der Waals surface area contributed by atoms with Gasteiger partial charge in [-0.1, -0.05) is 12.1 Å². The topological polar surface area (TPSA) is 44.4 Å². The minimum Gasteiger partial charge on any atom is -0.370 e. The van der Waals surface area contributed by atoms with Gasteiger partial charge in [-0.3, -0.25) is 4.79 Å². The molecule has 0 spiro atoms. The zero-order chi connectivity index (χ0) is 14.5. The molecule has 0 aliphatic carbocycles. The maximum absolute atomic E-state index is 12.4. The molecule has 2 fully saturated rings. The quantitative estimate of drug-likeness (QED) is 0.898. The van der Waals surface area contributed by atoms with Crippen LogP contribution in [0.5, 0.6) is 0 Å². The van der Waals surface area contributed by atoms with Crippen LogP contribution < -0.4 is 15.5 Å². The molecule has 2 aliphatic rings. The molecule has 2 aliphatic heterocycles. The summed E-state index contributed by atoms with van der Waals surface area (Å²) in [6.45, 7) is 4.03. The Hall–Kier alpha value is -1.55. The van der Waals surface area contributed by atoms with Crippen molar-refractivity contribution in [1.29, 1.82) is 0 Å². The number of anilines is 2. The summed E-state index contributed by atoms with van der Waals surface area (Å²) in [6, 6.07) is 8.21. The second-order valence-corrected chi connectivity index (χ2v) is 6.10. The summed E-state index contributed by atoms with van der Waals surface area (Å²) < 4.78 is 0. The van der Waals surface area contributed by atoms with Gasteiger partial charge in [-0.05, 0) is 50.8 Å². The summed E-state index contributed by atoms with van der Waals surface area (Å²) in [5.74, 6) is 0.264. The number of nitrogens with one attached hydrogen (secondary N) is 2. The third kappa shape index (κ3) is 3.56. The zero-order valence-electron chi connectivity index (χ0n) is 12.6. The van der Waals surface area contributed by atoms with Crippen LogP contribution in [-0.4, -0.2) is 32.1 Å². The van der Waals surface area contributed by atoms with Crippen molar-refractivity contribution in [1.82, 2.24) is 5.32 Å². The van der Waals surface area contributed by atoms with Gasteiger partial charge in [-0.25, -0.2) is 0 Å². The Labute approximate surface area is 126 Å². The number of hydrogen-bond acceptors (Lipinski definition) is 3. The van der Waals surface area contributed by atoms with E-state index in [0.717, 1.165) is 44.7 Å². The average molecular weight is 287 g/mol. The fourth-order valence-electron chi connectivity index (χ4n) is 3.30. The molecule has 3 rings (SSSR count). The van der Waals surface area contributed by atoms with Crippen LogP contribution in [0.3, 0.4) is 0 Å². The maximum Gasteiger partial charge on any atom is 0.228 e. The highest BCUT2D eigenvalue weighted by atomic mass is 16.1. The average Bonchev–Trinajstić information content (AvgIpc) is 2.57. The van der Waals surface area contributed by atoms with Crippen molar-refractivity contribution in [3.8, 4) is 0 Å². The molecule has 21 heavy (non-hydrogen) atoms. The SMILES string of the molecule is O=C(Nc1ccccc1N1CCCCC1)[C@H]1CCCNC1. The molecule has 2 saturated heterocycles. The number of carbonyl (C=O) groups is 1. The van der Waals surface area contributed by atoms with E-state index >= 15 is 0 Å². The van der Waals surface area contributed by atoms with Crippen molar-refractivity contribution in [3.05, 3.63) is 24.3 Å². The largest absolute Gasteiger partial charge is 0.370 e. The molecule has 114 valence electrons. The summed E-state index contributed by atoms with van der Waals surface area (Å²) >= 11 is 0. The molecule has 0 radical (unpaired) electrons. The minimum absolute atomic E-state index is 0.105. The van der Waals surface area contributed by atoms with Crippen molar-refractivity contribution in [2.24, 2.45) is 5.92 Å². The fraction of sp³-hybridized carbons (Fsp3) is 0.588. The Morgan fingerprint density at radius 1 is 1.14 bits per heavy atom. The lowest BCUT2D eigenvalue weighted by atomic mass is 9.98. The van der Waals surface area contributed by atoms with Crippen LogP contribution in [0.4, 0.5) is 11.4 Å². The Kier molecular flexibility index (Phi) is 4.76. The monoisotopic (exact) mass is 287 g/mol. The summed E-state index contributed by atoms with van der Waals surface area (Å²) in [5, 5.41) is 6.47. The van der Waals surface area contributed by atoms with Crippen molar-refractivity contribution >= 4 is 17.3 Å². The highest BCUT2D eigenvalue weighted by molar-refractivity contribution is 5.96. The number of rotatable bonds is 3. The van der Waals surface area contributed by atoms with Crippen LogP contribution in [0.25, 0.3) is 0 Å². The maximum atomic E-state index is 12.4. The zero-order valence-corrected chi connectivity index (χ0v) is 12.6. The molecule has 0 unspecified atom stereocenters. The van der Waals surface area contributed by atoms with E-state index in [1.165, 1.54) is 24.9 Å². The second-order valence-electron chi connectivity index (χ2n) is 6.10. The van der Waals surface area contributed by atoms with Crippen molar-refractivity contribution < 1.29 is 4.79 Å². The van der Waals surface area contributed by atoms with Gasteiger partial charge in [0.15, 0.2) is 0 Å². The third-order valence-corrected chi connectivity index (χ3v) is 4.53. The Morgan fingerprint density at radius 3 is 2.71 bits per heavy atom. The first kappa shape index (κ1) is 14.4. The molecule has 0 saturated carbocycles. The molecule has 1 aromatic carbocycles. The molecule has 0 bridgehead atoms. The van der Waals surface area contributed by atoms with Gasteiger partial charge in [0.2, 0.25) is 5.91 Å². The highest BCUT2D eigenvalue weighted by Crippen LogP contribution is 2.29. The molecular weight excluding hydrogens is 262 g/mol. The number of carbonyl (C=O) groups excluding carboxylic acids is 1. The van der Waals surface area contributed by atoms with E-state index in [9.17, 15) is 4.79 Å². The van der Waals surface area contributed by atoms with E-state index in [-0.39, 0.29) is 11.8 Å². The lowest BCUT2D eigenvalue weighted by Crippen LogP contribution is -2.37. The lowest BCUT2D eigenvalue weighted by Gasteiger charge is -2.31. The van der Waals surface area contributed by atoms with Gasteiger partial charge in [0.05, 0.1) is 17.3 Å². The van der Waals surface area contributed by atoms with Gasteiger partial charge in [0.1, 0.15) is 0 Å². The summed E-state index contributed by atoms with van der Waals surface area (Å²) in [5.41, 5.74) is 2.14. The van der Waals surface area contributed by atoms with Crippen molar-refractivity contribution in [2.45, 2.75) is 32.1 Å². The Bertz CT molecular complexity index is 477. The van der Waals surface area contributed by atoms with E-state index < -0.39 is 0 Å². The smallest absolute Gasteiger partial charge is 0.228 e. The second kappa shape index (κ2) is 6.94. The van der Waals surface area contributed by atoms with Crippen LogP contribution >= 0.6 is 0 Å². The number of para-hydroxylation sites is 2. The van der Waals surface area contributed by atoms with E-state index in [1.807, 2.05) is 12.1 Å². The number of amides is 1. The molecule has 0 aromatic heterocycles. The van der Waals surface area contributed by atoms with Gasteiger partial charge in [0, 0.05) is 19.6 Å². The molecular formula is C17H25N3O. The summed E-state index contributed by atoms with van der Waals surface area (Å²) in [7, 11) is 0. The lowest BCUT2D eigenvalue weighted by molar-refractivity contribution is -0.120. The van der Waals surface area contributed by atoms with Crippen LogP contribution in [0.1, 0.15) is 32.1 Å². The van der Waals surface area contributed by atoms with Crippen LogP contribution in [0.15, 0.2) is 24.3 Å². The third-order valence-electron chi connectivity index (χ3n) is 4.53. The van der Waals surface area contributed by atoms with E-state index in [0.29, 0.717) is 0 Å². The normalized spacial score (nSPS) is 22.9. The fourth-order valence-corrected chi connectivity index (χ4v) is 3.30. The van der Waals surface area contributed by atoms with Gasteiger partial charge in [0.25, 0.3) is 0 Å².